The Morgan fingerprint density at radius 3 is 2.64 bits per heavy atom. The van der Waals surface area contributed by atoms with Crippen LogP contribution in [0.5, 0.6) is 0 Å². The highest BCUT2D eigenvalue weighted by atomic mass is 19.2. The number of benzene rings is 1. The Bertz CT molecular complexity index is 1120. The molecule has 0 saturated heterocycles. The third-order valence-corrected chi connectivity index (χ3v) is 5.34. The Balaban J connectivity index is 1.83. The zero-order valence-electron chi connectivity index (χ0n) is 16.4. The molecule has 1 aromatic carbocycles. The van der Waals surface area contributed by atoms with Gasteiger partial charge in [-0.25, -0.2) is 8.78 Å². The van der Waals surface area contributed by atoms with Crippen LogP contribution in [0.15, 0.2) is 36.7 Å². The molecule has 0 spiro atoms. The number of H-pyrrole nitrogens is 1. The summed E-state index contributed by atoms with van der Waals surface area (Å²) in [6, 6.07) is 5.37. The van der Waals surface area contributed by atoms with E-state index in [0.29, 0.717) is 6.54 Å². The highest BCUT2D eigenvalue weighted by molar-refractivity contribution is 5.96. The summed E-state index contributed by atoms with van der Waals surface area (Å²) >= 11 is 0. The van der Waals surface area contributed by atoms with Crippen molar-refractivity contribution in [2.75, 3.05) is 6.54 Å². The summed E-state index contributed by atoms with van der Waals surface area (Å²) in [6.07, 6.45) is 4.65. The molecule has 0 unspecified atom stereocenters. The fourth-order valence-electron chi connectivity index (χ4n) is 4.07. The highest BCUT2D eigenvalue weighted by Gasteiger charge is 2.35. The van der Waals surface area contributed by atoms with Gasteiger partial charge < -0.3 is 14.3 Å². The second-order valence-electron chi connectivity index (χ2n) is 8.08. The van der Waals surface area contributed by atoms with E-state index in [-0.39, 0.29) is 16.9 Å². The van der Waals surface area contributed by atoms with Crippen molar-refractivity contribution in [3.63, 3.8) is 0 Å². The Hall–Kier alpha value is -2.89. The number of aryl methyl sites for hydroxylation is 1. The molecule has 6 heteroatoms. The highest BCUT2D eigenvalue weighted by Crippen LogP contribution is 2.37. The molecule has 4 nitrogen and oxygen atoms in total. The Labute approximate surface area is 162 Å². The van der Waals surface area contributed by atoms with Crippen molar-refractivity contribution in [1.82, 2.24) is 14.3 Å². The van der Waals surface area contributed by atoms with Gasteiger partial charge in [0.2, 0.25) is 0 Å². The van der Waals surface area contributed by atoms with Crippen molar-refractivity contribution in [2.24, 2.45) is 0 Å². The number of amides is 1. The van der Waals surface area contributed by atoms with E-state index in [1.54, 1.807) is 4.90 Å². The number of nitrogens with zero attached hydrogens (tertiary/aromatic N) is 2. The number of allylic oxidation sites excluding steroid dienone is 1. The average Bonchev–Trinajstić information content (AvgIpc) is 3.12. The SMILES string of the molecule is CCC1=CN(C(=O)c2ccc(F)c(F)c2)CC(C)(C)c2c1[nH]c1cc(C)cn21. The number of hydrogen-bond acceptors (Lipinski definition) is 1. The van der Waals surface area contributed by atoms with Crippen molar-refractivity contribution in [1.29, 1.82) is 0 Å². The zero-order valence-corrected chi connectivity index (χ0v) is 16.4. The Morgan fingerprint density at radius 2 is 1.96 bits per heavy atom. The van der Waals surface area contributed by atoms with Gasteiger partial charge in [-0.3, -0.25) is 4.79 Å². The van der Waals surface area contributed by atoms with Crippen LogP contribution in [0.2, 0.25) is 0 Å². The number of aromatic nitrogens is 2. The van der Waals surface area contributed by atoms with Crippen LogP contribution in [0.3, 0.4) is 0 Å². The third-order valence-electron chi connectivity index (χ3n) is 5.34. The number of aromatic amines is 1. The van der Waals surface area contributed by atoms with Gasteiger partial charge >= 0.3 is 0 Å². The Kier molecular flexibility index (Phi) is 4.17. The van der Waals surface area contributed by atoms with Crippen LogP contribution < -0.4 is 0 Å². The van der Waals surface area contributed by atoms with E-state index in [4.69, 9.17) is 0 Å². The quantitative estimate of drug-likeness (QED) is 0.662. The van der Waals surface area contributed by atoms with Crippen LogP contribution in [0.1, 0.15) is 54.5 Å². The summed E-state index contributed by atoms with van der Waals surface area (Å²) in [5.41, 5.74) is 5.08. The minimum atomic E-state index is -1.02. The number of halogens is 2. The van der Waals surface area contributed by atoms with Gasteiger partial charge in [0, 0.05) is 29.9 Å². The van der Waals surface area contributed by atoms with E-state index < -0.39 is 11.6 Å². The molecule has 0 aliphatic carbocycles. The van der Waals surface area contributed by atoms with Crippen molar-refractivity contribution < 1.29 is 13.6 Å². The standard InChI is InChI=1S/C22H23F2N3O/c1-5-14-11-26(21(28)15-6-7-16(23)17(24)9-15)12-22(3,4)20-19(14)25-18-8-13(2)10-27(18)20/h6-11,25H,5,12H2,1-4H3. The first-order chi connectivity index (χ1) is 13.2. The van der Waals surface area contributed by atoms with Crippen LogP contribution in [-0.4, -0.2) is 26.7 Å². The van der Waals surface area contributed by atoms with Gasteiger partial charge in [0.15, 0.2) is 11.6 Å². The molecule has 28 heavy (non-hydrogen) atoms. The number of imidazole rings is 1. The molecule has 3 aromatic rings. The molecule has 0 bridgehead atoms. The van der Waals surface area contributed by atoms with Gasteiger partial charge in [-0.1, -0.05) is 20.8 Å². The Morgan fingerprint density at radius 1 is 1.21 bits per heavy atom. The first-order valence-corrected chi connectivity index (χ1v) is 9.39. The molecule has 4 rings (SSSR count). The molecule has 3 heterocycles. The van der Waals surface area contributed by atoms with Crippen molar-refractivity contribution in [3.05, 3.63) is 70.8 Å². The molecular formula is C22H23F2N3O. The summed E-state index contributed by atoms with van der Waals surface area (Å²) in [5, 5.41) is 0. The largest absolute Gasteiger partial charge is 0.340 e. The normalized spacial score (nSPS) is 16.1. The number of hydrogen-bond donors (Lipinski definition) is 1. The van der Waals surface area contributed by atoms with Crippen LogP contribution in [0.25, 0.3) is 11.2 Å². The molecule has 0 atom stereocenters. The summed E-state index contributed by atoms with van der Waals surface area (Å²) in [5.74, 6) is -2.32. The molecule has 0 radical (unpaired) electrons. The smallest absolute Gasteiger partial charge is 0.257 e. The summed E-state index contributed by atoms with van der Waals surface area (Å²) in [6.45, 7) is 8.69. The monoisotopic (exact) mass is 383 g/mol. The van der Waals surface area contributed by atoms with Crippen LogP contribution in [0, 0.1) is 18.6 Å². The molecular weight excluding hydrogens is 360 g/mol. The van der Waals surface area contributed by atoms with E-state index in [1.165, 1.54) is 6.07 Å². The topological polar surface area (TPSA) is 40.5 Å². The number of carbonyl (C=O) groups is 1. The first kappa shape index (κ1) is 18.5. The lowest BCUT2D eigenvalue weighted by Crippen LogP contribution is -2.37. The first-order valence-electron chi connectivity index (χ1n) is 9.39. The van der Waals surface area contributed by atoms with Gasteiger partial charge in [-0.2, -0.15) is 0 Å². The summed E-state index contributed by atoms with van der Waals surface area (Å²) in [7, 11) is 0. The maximum Gasteiger partial charge on any atom is 0.257 e. The molecule has 1 amide bonds. The molecule has 0 fully saturated rings. The van der Waals surface area contributed by atoms with Gasteiger partial charge in [0.25, 0.3) is 5.91 Å². The number of rotatable bonds is 2. The van der Waals surface area contributed by atoms with E-state index in [9.17, 15) is 13.6 Å². The minimum Gasteiger partial charge on any atom is -0.340 e. The maximum absolute atomic E-state index is 13.7. The van der Waals surface area contributed by atoms with Crippen molar-refractivity contribution in [2.45, 2.75) is 39.5 Å². The van der Waals surface area contributed by atoms with Gasteiger partial charge in [-0.05, 0) is 48.7 Å². The van der Waals surface area contributed by atoms with Gasteiger partial charge in [0.05, 0.1) is 11.4 Å². The number of carbonyl (C=O) groups excluding carboxylic acids is 1. The number of nitrogens with one attached hydrogen (secondary N) is 1. The summed E-state index contributed by atoms with van der Waals surface area (Å²) < 4.78 is 29.1. The lowest BCUT2D eigenvalue weighted by molar-refractivity contribution is 0.0799. The second-order valence-corrected chi connectivity index (χ2v) is 8.08. The number of fused-ring (bicyclic) bond motifs is 3. The maximum atomic E-state index is 13.7. The molecule has 1 aliphatic heterocycles. The lowest BCUT2D eigenvalue weighted by Gasteiger charge is -2.29. The lowest BCUT2D eigenvalue weighted by atomic mass is 9.86. The van der Waals surface area contributed by atoms with Crippen LogP contribution in [0.4, 0.5) is 8.78 Å². The second kappa shape index (κ2) is 6.33. The van der Waals surface area contributed by atoms with E-state index in [2.05, 4.69) is 35.5 Å². The third kappa shape index (κ3) is 2.84. The molecule has 0 saturated carbocycles. The summed E-state index contributed by atoms with van der Waals surface area (Å²) in [4.78, 5) is 18.2. The predicted octanol–water partition coefficient (Wildman–Crippen LogP) is 5.04. The molecule has 1 aliphatic rings. The van der Waals surface area contributed by atoms with E-state index >= 15 is 0 Å². The molecule has 146 valence electrons. The zero-order chi connectivity index (χ0) is 20.2. The van der Waals surface area contributed by atoms with Crippen molar-refractivity contribution >= 4 is 17.1 Å². The molecule has 1 N–H and O–H groups in total. The van der Waals surface area contributed by atoms with Crippen LogP contribution in [-0.2, 0) is 5.41 Å². The van der Waals surface area contributed by atoms with Gasteiger partial charge in [0.1, 0.15) is 5.65 Å². The van der Waals surface area contributed by atoms with Crippen LogP contribution >= 0.6 is 0 Å². The van der Waals surface area contributed by atoms with Gasteiger partial charge in [-0.15, -0.1) is 0 Å². The predicted molar refractivity (Wildman–Crippen MR) is 105 cm³/mol. The minimum absolute atomic E-state index is 0.133. The fraction of sp³-hybridized carbons (Fsp3) is 0.318. The van der Waals surface area contributed by atoms with E-state index in [0.717, 1.165) is 46.7 Å². The fourth-order valence-corrected chi connectivity index (χ4v) is 4.07. The molecule has 2 aromatic heterocycles. The van der Waals surface area contributed by atoms with E-state index in [1.807, 2.05) is 20.0 Å². The average molecular weight is 383 g/mol. The van der Waals surface area contributed by atoms with Crippen molar-refractivity contribution in [3.8, 4) is 0 Å².